The van der Waals surface area contributed by atoms with Crippen LogP contribution in [0, 0.1) is 0 Å². The van der Waals surface area contributed by atoms with E-state index in [1.54, 1.807) is 0 Å². The van der Waals surface area contributed by atoms with Gasteiger partial charge in [-0.2, -0.15) is 0 Å². The highest BCUT2D eigenvalue weighted by Gasteiger charge is 1.90. The quantitative estimate of drug-likeness (QED) is 0.305. The van der Waals surface area contributed by atoms with Crippen LogP contribution in [0.2, 0.25) is 0 Å². The summed E-state index contributed by atoms with van der Waals surface area (Å²) in [6.07, 6.45) is 12.9. The van der Waals surface area contributed by atoms with Crippen LogP contribution in [-0.4, -0.2) is 13.1 Å². The Labute approximate surface area is 87.3 Å². The molecule has 0 N–H and O–H groups in total. The summed E-state index contributed by atoms with van der Waals surface area (Å²) in [6.45, 7) is 3.17. The maximum absolute atomic E-state index is 9.81. The lowest BCUT2D eigenvalue weighted by Gasteiger charge is -2.00. The molecule has 0 saturated heterocycles. The van der Waals surface area contributed by atoms with Crippen LogP contribution in [0.4, 0.5) is 0 Å². The maximum Gasteiger partial charge on any atom is 0.293 e. The molecular weight excluding hydrogens is 176 g/mol. The van der Waals surface area contributed by atoms with E-state index in [-0.39, 0.29) is 0 Å². The minimum Gasteiger partial charge on any atom is -0.468 e. The Morgan fingerprint density at radius 1 is 1.00 bits per heavy atom. The predicted octanol–water partition coefficient (Wildman–Crippen LogP) is 3.47. The molecule has 0 unspecified atom stereocenters. The summed E-state index contributed by atoms with van der Waals surface area (Å²) in [5.41, 5.74) is 0. The van der Waals surface area contributed by atoms with Crippen molar-refractivity contribution in [2.45, 2.75) is 51.9 Å². The zero-order valence-electron chi connectivity index (χ0n) is 9.21. The van der Waals surface area contributed by atoms with Gasteiger partial charge in [0.25, 0.3) is 6.47 Å². The fraction of sp³-hybridized carbons (Fsp3) is 0.750. The Kier molecular flexibility index (Phi) is 11.5. The van der Waals surface area contributed by atoms with Gasteiger partial charge in [0.2, 0.25) is 0 Å². The fourth-order valence-electron chi connectivity index (χ4n) is 1.37. The maximum atomic E-state index is 9.81. The number of allylic oxidation sites excluding steroid dienone is 2. The van der Waals surface area contributed by atoms with Gasteiger partial charge in [-0.3, -0.25) is 4.79 Å². The van der Waals surface area contributed by atoms with Gasteiger partial charge in [-0.25, -0.2) is 0 Å². The standard InChI is InChI=1S/C12H22O2/c1-2-3-4-5-6-7-8-9-10-11-14-12-13/h2-3,12H,4-11H2,1H3/b3-2+. The molecule has 0 aromatic rings. The summed E-state index contributed by atoms with van der Waals surface area (Å²) in [5.74, 6) is 0. The van der Waals surface area contributed by atoms with Crippen LogP contribution in [0.15, 0.2) is 12.2 Å². The highest BCUT2D eigenvalue weighted by atomic mass is 16.5. The lowest BCUT2D eigenvalue weighted by Crippen LogP contribution is -1.91. The molecular formula is C12H22O2. The van der Waals surface area contributed by atoms with Crippen molar-refractivity contribution in [2.75, 3.05) is 6.61 Å². The van der Waals surface area contributed by atoms with Crippen molar-refractivity contribution >= 4 is 6.47 Å². The zero-order valence-corrected chi connectivity index (χ0v) is 9.21. The summed E-state index contributed by atoms with van der Waals surface area (Å²) >= 11 is 0. The highest BCUT2D eigenvalue weighted by molar-refractivity contribution is 5.36. The first-order valence-corrected chi connectivity index (χ1v) is 5.58. The number of hydrogen-bond acceptors (Lipinski definition) is 2. The molecule has 0 heterocycles. The Morgan fingerprint density at radius 3 is 2.29 bits per heavy atom. The molecule has 82 valence electrons. The van der Waals surface area contributed by atoms with Gasteiger partial charge in [-0.15, -0.1) is 0 Å². The second-order valence-electron chi connectivity index (χ2n) is 3.45. The molecule has 0 spiro atoms. The lowest BCUT2D eigenvalue weighted by molar-refractivity contribution is -0.128. The molecule has 0 radical (unpaired) electrons. The van der Waals surface area contributed by atoms with E-state index in [1.807, 2.05) is 0 Å². The first kappa shape index (κ1) is 13.2. The van der Waals surface area contributed by atoms with Gasteiger partial charge in [-0.1, -0.05) is 37.8 Å². The van der Waals surface area contributed by atoms with Crippen molar-refractivity contribution in [3.8, 4) is 0 Å². The summed E-state index contributed by atoms with van der Waals surface area (Å²) in [7, 11) is 0. The third-order valence-electron chi connectivity index (χ3n) is 2.19. The van der Waals surface area contributed by atoms with Crippen LogP contribution in [0.3, 0.4) is 0 Å². The van der Waals surface area contributed by atoms with E-state index in [4.69, 9.17) is 0 Å². The SMILES string of the molecule is C/C=C/CCCCCCCCOC=O. The Hall–Kier alpha value is -0.790. The molecule has 0 aliphatic heterocycles. The van der Waals surface area contributed by atoms with Crippen molar-refractivity contribution < 1.29 is 9.53 Å². The zero-order chi connectivity index (χ0) is 10.5. The Morgan fingerprint density at radius 2 is 1.64 bits per heavy atom. The van der Waals surface area contributed by atoms with Crippen molar-refractivity contribution in [3.63, 3.8) is 0 Å². The minimum atomic E-state index is 0.525. The topological polar surface area (TPSA) is 26.3 Å². The molecule has 14 heavy (non-hydrogen) atoms. The third-order valence-corrected chi connectivity index (χ3v) is 2.19. The van der Waals surface area contributed by atoms with Crippen molar-refractivity contribution in [3.05, 3.63) is 12.2 Å². The van der Waals surface area contributed by atoms with E-state index in [2.05, 4.69) is 23.8 Å². The van der Waals surface area contributed by atoms with Crippen LogP contribution in [-0.2, 0) is 9.53 Å². The predicted molar refractivity (Wildman–Crippen MR) is 59.1 cm³/mol. The van der Waals surface area contributed by atoms with Crippen molar-refractivity contribution in [2.24, 2.45) is 0 Å². The number of carbonyl (C=O) groups is 1. The fourth-order valence-corrected chi connectivity index (χ4v) is 1.37. The largest absolute Gasteiger partial charge is 0.468 e. The number of rotatable bonds is 10. The molecule has 0 aliphatic rings. The average molecular weight is 198 g/mol. The molecule has 0 fully saturated rings. The van der Waals surface area contributed by atoms with E-state index >= 15 is 0 Å². The van der Waals surface area contributed by atoms with Crippen molar-refractivity contribution in [1.82, 2.24) is 0 Å². The first-order valence-electron chi connectivity index (χ1n) is 5.58. The molecule has 0 saturated carbocycles. The minimum absolute atomic E-state index is 0.525. The van der Waals surface area contributed by atoms with Gasteiger partial charge < -0.3 is 4.74 Å². The van der Waals surface area contributed by atoms with E-state index in [0.29, 0.717) is 13.1 Å². The van der Waals surface area contributed by atoms with Crippen LogP contribution in [0.5, 0.6) is 0 Å². The monoisotopic (exact) mass is 198 g/mol. The molecule has 0 bridgehead atoms. The van der Waals surface area contributed by atoms with Crippen LogP contribution in [0.25, 0.3) is 0 Å². The molecule has 0 aromatic heterocycles. The number of hydrogen-bond donors (Lipinski definition) is 0. The molecule has 0 aromatic carbocycles. The van der Waals surface area contributed by atoms with Gasteiger partial charge in [0.1, 0.15) is 0 Å². The molecule has 0 atom stereocenters. The van der Waals surface area contributed by atoms with Crippen LogP contribution in [0.1, 0.15) is 51.9 Å². The summed E-state index contributed by atoms with van der Waals surface area (Å²) in [4.78, 5) is 9.81. The second-order valence-corrected chi connectivity index (χ2v) is 3.45. The Bertz CT molecular complexity index is 141. The number of unbranched alkanes of at least 4 members (excludes halogenated alkanes) is 6. The van der Waals surface area contributed by atoms with E-state index < -0.39 is 0 Å². The van der Waals surface area contributed by atoms with E-state index in [1.165, 1.54) is 38.5 Å². The van der Waals surface area contributed by atoms with Gasteiger partial charge in [-0.05, 0) is 26.2 Å². The summed E-state index contributed by atoms with van der Waals surface area (Å²) in [6, 6.07) is 0. The van der Waals surface area contributed by atoms with Gasteiger partial charge in [0.15, 0.2) is 0 Å². The van der Waals surface area contributed by atoms with Gasteiger partial charge >= 0.3 is 0 Å². The van der Waals surface area contributed by atoms with E-state index in [9.17, 15) is 4.79 Å². The molecule has 2 heteroatoms. The average Bonchev–Trinajstić information content (AvgIpc) is 2.21. The second kappa shape index (κ2) is 12.2. The smallest absolute Gasteiger partial charge is 0.293 e. The number of ether oxygens (including phenoxy) is 1. The van der Waals surface area contributed by atoms with Crippen molar-refractivity contribution in [1.29, 1.82) is 0 Å². The Balaban J connectivity index is 2.88. The van der Waals surface area contributed by atoms with Crippen LogP contribution >= 0.6 is 0 Å². The third kappa shape index (κ3) is 11.2. The van der Waals surface area contributed by atoms with E-state index in [0.717, 1.165) is 6.42 Å². The highest BCUT2D eigenvalue weighted by Crippen LogP contribution is 2.07. The van der Waals surface area contributed by atoms with Gasteiger partial charge in [0, 0.05) is 0 Å². The summed E-state index contributed by atoms with van der Waals surface area (Å²) in [5, 5.41) is 0. The summed E-state index contributed by atoms with van der Waals surface area (Å²) < 4.78 is 4.60. The lowest BCUT2D eigenvalue weighted by atomic mass is 10.1. The van der Waals surface area contributed by atoms with Crippen LogP contribution < -0.4 is 0 Å². The molecule has 0 rings (SSSR count). The normalized spacial score (nSPS) is 10.6. The molecule has 0 amide bonds. The molecule has 2 nitrogen and oxygen atoms in total. The first-order chi connectivity index (χ1) is 6.91. The number of carbonyl (C=O) groups excluding carboxylic acids is 1. The molecule has 0 aliphatic carbocycles. The van der Waals surface area contributed by atoms with Gasteiger partial charge in [0.05, 0.1) is 6.61 Å².